The van der Waals surface area contributed by atoms with Gasteiger partial charge < -0.3 is 15.1 Å². The number of amides is 1. The zero-order valence-electron chi connectivity index (χ0n) is 7.40. The zero-order chi connectivity index (χ0) is 11.6. The smallest absolute Gasteiger partial charge is 0.408 e. The molecule has 0 aromatic rings. The molecule has 15 heavy (non-hydrogen) atoms. The summed E-state index contributed by atoms with van der Waals surface area (Å²) in [5.41, 5.74) is 0. The van der Waals surface area contributed by atoms with Gasteiger partial charge in [0.15, 0.2) is 0 Å². The Labute approximate surface area is 83.0 Å². The van der Waals surface area contributed by atoms with Crippen molar-refractivity contribution < 1.29 is 29.7 Å². The van der Waals surface area contributed by atoms with Gasteiger partial charge in [-0.3, -0.25) is 4.90 Å². The van der Waals surface area contributed by atoms with Crippen LogP contribution in [0.3, 0.4) is 0 Å². The fraction of sp³-hybridized carbons (Fsp3) is 0.667. The molecule has 0 radical (unpaired) electrons. The van der Waals surface area contributed by atoms with E-state index in [1.807, 2.05) is 0 Å². The van der Waals surface area contributed by atoms with E-state index in [0.29, 0.717) is 4.90 Å². The molecule has 0 aliphatic carbocycles. The minimum atomic E-state index is -1.43. The lowest BCUT2D eigenvalue weighted by atomic mass is 10.2. The Morgan fingerprint density at radius 1 is 1.47 bits per heavy atom. The first-order chi connectivity index (χ1) is 6.91. The lowest BCUT2D eigenvalue weighted by Crippen LogP contribution is -2.39. The number of likely N-dealkylation sites (tertiary alicyclic amines) is 1. The average molecular weight is 220 g/mol. The molecule has 1 unspecified atom stereocenters. The molecule has 9 heteroatoms. The van der Waals surface area contributed by atoms with Crippen molar-refractivity contribution >= 4 is 12.1 Å². The van der Waals surface area contributed by atoms with Crippen LogP contribution in [-0.4, -0.2) is 51.0 Å². The summed E-state index contributed by atoms with van der Waals surface area (Å²) < 4.78 is 0. The minimum absolute atomic E-state index is 0.220. The molecule has 1 fully saturated rings. The summed E-state index contributed by atoms with van der Waals surface area (Å²) in [5, 5.41) is 26.2. The lowest BCUT2D eigenvalue weighted by molar-refractivity contribution is -0.767. The maximum atomic E-state index is 10.6. The van der Waals surface area contributed by atoms with Crippen molar-refractivity contribution in [3.8, 4) is 0 Å². The highest BCUT2D eigenvalue weighted by Crippen LogP contribution is 2.20. The van der Waals surface area contributed by atoms with Crippen LogP contribution in [0.2, 0.25) is 0 Å². The SMILES string of the molecule is O=C(O)[C@@H]1CC(O[N+](=O)[O-])CN1C(=O)O. The average Bonchev–Trinajstić information content (AvgIpc) is 2.46. The molecule has 2 N–H and O–H groups in total. The van der Waals surface area contributed by atoms with E-state index in [9.17, 15) is 19.7 Å². The van der Waals surface area contributed by atoms with E-state index in [1.54, 1.807) is 0 Å². The van der Waals surface area contributed by atoms with Crippen LogP contribution in [-0.2, 0) is 9.63 Å². The number of hydrogen-bond donors (Lipinski definition) is 2. The van der Waals surface area contributed by atoms with Crippen molar-refractivity contribution in [2.24, 2.45) is 0 Å². The standard InChI is InChI=1S/C6H8N2O7/c9-5(10)4-1-3(15-8(13)14)2-7(4)6(11)12/h3-4H,1-2H2,(H,9,10)(H,11,12)/t3?,4-/m0/s1. The minimum Gasteiger partial charge on any atom is -0.480 e. The van der Waals surface area contributed by atoms with Crippen molar-refractivity contribution in [3.63, 3.8) is 0 Å². The van der Waals surface area contributed by atoms with E-state index in [-0.39, 0.29) is 13.0 Å². The zero-order valence-corrected chi connectivity index (χ0v) is 7.40. The second-order valence-corrected chi connectivity index (χ2v) is 2.98. The molecule has 0 aromatic heterocycles. The largest absolute Gasteiger partial charge is 0.480 e. The van der Waals surface area contributed by atoms with Gasteiger partial charge in [0.25, 0.3) is 5.09 Å². The van der Waals surface area contributed by atoms with Crippen LogP contribution in [0.1, 0.15) is 6.42 Å². The van der Waals surface area contributed by atoms with Gasteiger partial charge >= 0.3 is 12.1 Å². The van der Waals surface area contributed by atoms with Crippen molar-refractivity contribution in [1.82, 2.24) is 4.90 Å². The van der Waals surface area contributed by atoms with Gasteiger partial charge in [-0.2, -0.15) is 0 Å². The Morgan fingerprint density at radius 3 is 2.40 bits per heavy atom. The number of carbonyl (C=O) groups is 2. The first-order valence-electron chi connectivity index (χ1n) is 3.95. The number of rotatable bonds is 3. The van der Waals surface area contributed by atoms with Crippen molar-refractivity contribution in [2.45, 2.75) is 18.6 Å². The topological polar surface area (TPSA) is 130 Å². The van der Waals surface area contributed by atoms with Gasteiger partial charge in [0.1, 0.15) is 12.1 Å². The molecule has 9 nitrogen and oxygen atoms in total. The van der Waals surface area contributed by atoms with Crippen molar-refractivity contribution in [3.05, 3.63) is 10.1 Å². The van der Waals surface area contributed by atoms with Crippen LogP contribution in [0.5, 0.6) is 0 Å². The fourth-order valence-electron chi connectivity index (χ4n) is 1.44. The summed E-state index contributed by atoms with van der Waals surface area (Å²) >= 11 is 0. The van der Waals surface area contributed by atoms with Crippen LogP contribution in [0.25, 0.3) is 0 Å². The molecule has 0 aromatic carbocycles. The van der Waals surface area contributed by atoms with E-state index in [1.165, 1.54) is 0 Å². The highest BCUT2D eigenvalue weighted by atomic mass is 17.0. The molecular weight excluding hydrogens is 212 g/mol. The number of hydrogen-bond acceptors (Lipinski definition) is 5. The highest BCUT2D eigenvalue weighted by molar-refractivity contribution is 5.80. The number of carboxylic acids is 1. The molecule has 0 saturated carbocycles. The molecule has 1 saturated heterocycles. The van der Waals surface area contributed by atoms with Crippen LogP contribution >= 0.6 is 0 Å². The van der Waals surface area contributed by atoms with Gasteiger partial charge in [-0.05, 0) is 0 Å². The van der Waals surface area contributed by atoms with Gasteiger partial charge in [0.2, 0.25) is 0 Å². The van der Waals surface area contributed by atoms with Gasteiger partial charge in [0, 0.05) is 6.42 Å². The van der Waals surface area contributed by atoms with Gasteiger partial charge in [-0.15, -0.1) is 10.1 Å². The quantitative estimate of drug-likeness (QED) is 0.479. The normalized spacial score (nSPS) is 24.9. The van der Waals surface area contributed by atoms with E-state index in [4.69, 9.17) is 10.2 Å². The van der Waals surface area contributed by atoms with Gasteiger partial charge in [-0.25, -0.2) is 9.59 Å². The van der Waals surface area contributed by atoms with E-state index < -0.39 is 29.3 Å². The first-order valence-corrected chi connectivity index (χ1v) is 3.95. The Hall–Kier alpha value is -2.06. The summed E-state index contributed by atoms with van der Waals surface area (Å²) in [5.74, 6) is -1.34. The van der Waals surface area contributed by atoms with Crippen LogP contribution in [0, 0.1) is 10.1 Å². The van der Waals surface area contributed by atoms with Crippen molar-refractivity contribution in [1.29, 1.82) is 0 Å². The van der Waals surface area contributed by atoms with Crippen LogP contribution < -0.4 is 0 Å². The van der Waals surface area contributed by atoms with Crippen LogP contribution in [0.4, 0.5) is 4.79 Å². The van der Waals surface area contributed by atoms with E-state index >= 15 is 0 Å². The molecule has 84 valence electrons. The molecule has 2 atom stereocenters. The van der Waals surface area contributed by atoms with Gasteiger partial charge in [-0.1, -0.05) is 0 Å². The molecule has 1 aliphatic heterocycles. The summed E-state index contributed by atoms with van der Waals surface area (Å²) in [4.78, 5) is 35.9. The van der Waals surface area contributed by atoms with Crippen LogP contribution in [0.15, 0.2) is 0 Å². The summed E-state index contributed by atoms with van der Waals surface area (Å²) in [6.07, 6.45) is -2.67. The second kappa shape index (κ2) is 3.98. The predicted octanol–water partition coefficient (Wildman–Crippen LogP) is -0.600. The summed E-state index contributed by atoms with van der Waals surface area (Å²) in [7, 11) is 0. The van der Waals surface area contributed by atoms with E-state index in [2.05, 4.69) is 4.84 Å². The third-order valence-corrected chi connectivity index (χ3v) is 2.03. The Kier molecular flexibility index (Phi) is 2.93. The molecule has 0 spiro atoms. The molecule has 1 aliphatic rings. The fourth-order valence-corrected chi connectivity index (χ4v) is 1.44. The maximum absolute atomic E-state index is 10.6. The second-order valence-electron chi connectivity index (χ2n) is 2.98. The third kappa shape index (κ3) is 2.45. The summed E-state index contributed by atoms with van der Waals surface area (Å²) in [6, 6.07) is -1.28. The Morgan fingerprint density at radius 2 is 2.07 bits per heavy atom. The highest BCUT2D eigenvalue weighted by Gasteiger charge is 2.41. The first kappa shape index (κ1) is 11.0. The maximum Gasteiger partial charge on any atom is 0.408 e. The third-order valence-electron chi connectivity index (χ3n) is 2.03. The molecular formula is C6H8N2O7. The lowest BCUT2D eigenvalue weighted by Gasteiger charge is -2.16. The Balaban J connectivity index is 2.69. The Bertz CT molecular complexity index is 282. The molecule has 1 rings (SSSR count). The van der Waals surface area contributed by atoms with Gasteiger partial charge in [0.05, 0.1) is 6.54 Å². The number of carboxylic acid groups (broad SMARTS) is 2. The monoisotopic (exact) mass is 220 g/mol. The predicted molar refractivity (Wildman–Crippen MR) is 42.6 cm³/mol. The number of nitrogens with zero attached hydrogens (tertiary/aromatic N) is 2. The summed E-state index contributed by atoms with van der Waals surface area (Å²) in [6.45, 7) is -0.312. The molecule has 1 amide bonds. The molecule has 1 heterocycles. The van der Waals surface area contributed by atoms with E-state index in [0.717, 1.165) is 0 Å². The van der Waals surface area contributed by atoms with Crippen molar-refractivity contribution in [2.75, 3.05) is 6.54 Å². The molecule has 0 bridgehead atoms. The number of aliphatic carboxylic acids is 1.